The van der Waals surface area contributed by atoms with Crippen molar-refractivity contribution >= 4 is 25.8 Å². The van der Waals surface area contributed by atoms with Gasteiger partial charge < -0.3 is 24.8 Å². The standard InChI is InChI=1S/C21H25.C8H11.CH2.2ClH.Zr/c1-20(2,3)16-9-7-14-11-15-8-10-17(21(4,5)6)13-19(15)18(14)12-16;1-6-4-7(2)8(3)5-6;;;;/h7-13H,1-6H3;4,6H,1-3H3;1H2;2*1H;/q2*-1;;;;+2/p-2. The summed E-state index contributed by atoms with van der Waals surface area (Å²) in [6, 6.07) is 16.1. The first-order valence-corrected chi connectivity index (χ1v) is 12.9. The Morgan fingerprint density at radius 3 is 1.42 bits per heavy atom. The Hall–Kier alpha value is -0.877. The van der Waals surface area contributed by atoms with Gasteiger partial charge in [-0.15, -0.1) is 46.7 Å². The second-order valence-electron chi connectivity index (χ2n) is 10.7. The Labute approximate surface area is 229 Å². The summed E-state index contributed by atoms with van der Waals surface area (Å²) in [7, 11) is 0. The maximum atomic E-state index is 3.34. The molecule has 4 rings (SSSR count). The van der Waals surface area contributed by atoms with Crippen molar-refractivity contribution in [3.05, 3.63) is 76.9 Å². The van der Waals surface area contributed by atoms with Crippen LogP contribution in [0.15, 0.2) is 59.7 Å². The van der Waals surface area contributed by atoms with Gasteiger partial charge in [-0.3, -0.25) is 6.08 Å². The molecule has 0 aliphatic heterocycles. The summed E-state index contributed by atoms with van der Waals surface area (Å²) in [5.74, 6) is 0.551. The number of fused-ring (bicyclic) bond motifs is 3. The summed E-state index contributed by atoms with van der Waals surface area (Å²) >= 11 is 1.30. The van der Waals surface area contributed by atoms with Crippen LogP contribution >= 0.6 is 0 Å². The molecule has 0 amide bonds. The van der Waals surface area contributed by atoms with Crippen molar-refractivity contribution in [1.29, 1.82) is 0 Å². The molecule has 1 aliphatic rings. The molecule has 3 heteroatoms. The van der Waals surface area contributed by atoms with Gasteiger partial charge in [0.15, 0.2) is 0 Å². The molecule has 33 heavy (non-hydrogen) atoms. The molecule has 0 aromatic heterocycles. The molecule has 3 aromatic carbocycles. The minimum Gasteiger partial charge on any atom is -1.00 e. The van der Waals surface area contributed by atoms with Crippen LogP contribution in [0.4, 0.5) is 0 Å². The molecule has 1 unspecified atom stereocenters. The maximum Gasteiger partial charge on any atom is -1.00 e. The summed E-state index contributed by atoms with van der Waals surface area (Å²) < 4.78 is 3.34. The topological polar surface area (TPSA) is 0 Å². The summed E-state index contributed by atoms with van der Waals surface area (Å²) in [5, 5.41) is 5.49. The first-order chi connectivity index (χ1) is 14.4. The van der Waals surface area contributed by atoms with E-state index in [1.807, 2.05) is 0 Å². The number of halogens is 2. The molecular formula is C30H38Cl2Zr-2. The number of allylic oxidation sites excluding steroid dienone is 4. The molecule has 0 radical (unpaired) electrons. The molecule has 0 saturated heterocycles. The third-order valence-corrected chi connectivity index (χ3v) is 5.98. The van der Waals surface area contributed by atoms with Crippen molar-refractivity contribution in [3.63, 3.8) is 0 Å². The Balaban J connectivity index is 0.000000726. The maximum absolute atomic E-state index is 3.34. The van der Waals surface area contributed by atoms with Gasteiger partial charge in [0.25, 0.3) is 0 Å². The number of benzene rings is 2. The Morgan fingerprint density at radius 1 is 0.788 bits per heavy atom. The van der Waals surface area contributed by atoms with Gasteiger partial charge in [-0.1, -0.05) is 96.7 Å². The van der Waals surface area contributed by atoms with Crippen LogP contribution in [0.2, 0.25) is 0 Å². The first-order valence-electron chi connectivity index (χ1n) is 11.1. The molecule has 0 heterocycles. The van der Waals surface area contributed by atoms with Crippen LogP contribution in [-0.4, -0.2) is 4.21 Å². The van der Waals surface area contributed by atoms with Crippen LogP contribution in [0.3, 0.4) is 0 Å². The molecule has 1 aliphatic carbocycles. The molecule has 0 spiro atoms. The van der Waals surface area contributed by atoms with Crippen molar-refractivity contribution in [1.82, 2.24) is 0 Å². The molecule has 1 atom stereocenters. The molecule has 0 nitrogen and oxygen atoms in total. The fourth-order valence-corrected chi connectivity index (χ4v) is 3.93. The monoisotopic (exact) mass is 558 g/mol. The van der Waals surface area contributed by atoms with Crippen LogP contribution in [0.25, 0.3) is 21.5 Å². The summed E-state index contributed by atoms with van der Waals surface area (Å²) in [5.41, 5.74) is 5.90. The predicted molar refractivity (Wildman–Crippen MR) is 137 cm³/mol. The number of rotatable bonds is 0. The van der Waals surface area contributed by atoms with Crippen molar-refractivity contribution in [2.75, 3.05) is 0 Å². The second-order valence-corrected chi connectivity index (χ2v) is 10.7. The molecular weight excluding hydrogens is 522 g/mol. The van der Waals surface area contributed by atoms with Crippen molar-refractivity contribution in [2.45, 2.75) is 73.1 Å². The average Bonchev–Trinajstić information content (AvgIpc) is 3.19. The normalized spacial score (nSPS) is 15.3. The van der Waals surface area contributed by atoms with E-state index in [2.05, 4.69) is 121 Å². The molecule has 3 aromatic rings. The molecule has 178 valence electrons. The zero-order chi connectivity index (χ0) is 23.6. The zero-order valence-electron chi connectivity index (χ0n) is 21.7. The average molecular weight is 561 g/mol. The SMILES string of the molecule is CC(C)(C)c1ccc2[cH-]c3ccc(C(C)(C)C)cc3c2c1.CC1=[C-]C(C)C=C1C.[CH2]=[Zr+2].[Cl-].[Cl-]. The van der Waals surface area contributed by atoms with Gasteiger partial charge in [0.1, 0.15) is 0 Å². The van der Waals surface area contributed by atoms with E-state index in [0.29, 0.717) is 5.92 Å². The van der Waals surface area contributed by atoms with Crippen LogP contribution in [0.5, 0.6) is 0 Å². The van der Waals surface area contributed by atoms with Crippen molar-refractivity contribution in [2.24, 2.45) is 5.92 Å². The van der Waals surface area contributed by atoms with Crippen molar-refractivity contribution in [3.8, 4) is 0 Å². The number of hydrogen-bond donors (Lipinski definition) is 0. The van der Waals surface area contributed by atoms with Gasteiger partial charge in [-0.05, 0) is 10.8 Å². The van der Waals surface area contributed by atoms with E-state index in [4.69, 9.17) is 0 Å². The van der Waals surface area contributed by atoms with Gasteiger partial charge in [0.2, 0.25) is 0 Å². The quantitative estimate of drug-likeness (QED) is 0.371. The van der Waals surface area contributed by atoms with Gasteiger partial charge in [0, 0.05) is 0 Å². The number of hydrogen-bond acceptors (Lipinski definition) is 0. The van der Waals surface area contributed by atoms with E-state index < -0.39 is 0 Å². The third-order valence-electron chi connectivity index (χ3n) is 5.98. The first kappa shape index (κ1) is 32.1. The van der Waals surface area contributed by atoms with Gasteiger partial charge in [-0.25, -0.2) is 11.1 Å². The van der Waals surface area contributed by atoms with Crippen LogP contribution in [-0.2, 0) is 35.1 Å². The third kappa shape index (κ3) is 8.09. The van der Waals surface area contributed by atoms with E-state index in [9.17, 15) is 0 Å². The van der Waals surface area contributed by atoms with Crippen LogP contribution < -0.4 is 24.8 Å². The van der Waals surface area contributed by atoms with Crippen LogP contribution in [0, 0.1) is 12.0 Å². The van der Waals surface area contributed by atoms with Gasteiger partial charge >= 0.3 is 28.4 Å². The van der Waals surface area contributed by atoms with Crippen molar-refractivity contribution < 1.29 is 49.0 Å². The summed E-state index contributed by atoms with van der Waals surface area (Å²) in [4.78, 5) is 0. The second kappa shape index (κ2) is 12.7. The van der Waals surface area contributed by atoms with Gasteiger partial charge in [0.05, 0.1) is 0 Å². The summed E-state index contributed by atoms with van der Waals surface area (Å²) in [6.45, 7) is 20.1. The van der Waals surface area contributed by atoms with Crippen LogP contribution in [0.1, 0.15) is 73.4 Å². The van der Waals surface area contributed by atoms with E-state index in [1.165, 1.54) is 68.1 Å². The minimum absolute atomic E-state index is 0. The molecule has 0 saturated carbocycles. The fourth-order valence-electron chi connectivity index (χ4n) is 3.93. The zero-order valence-corrected chi connectivity index (χ0v) is 25.6. The summed E-state index contributed by atoms with van der Waals surface area (Å²) in [6.07, 6.45) is 5.52. The molecule has 0 fully saturated rings. The smallest absolute Gasteiger partial charge is 1.00 e. The molecule has 0 N–H and O–H groups in total. The largest absolute Gasteiger partial charge is 1.00 e. The fraction of sp³-hybridized carbons (Fsp3) is 0.400. The Kier molecular flexibility index (Phi) is 12.4. The van der Waals surface area contributed by atoms with E-state index >= 15 is 0 Å². The van der Waals surface area contributed by atoms with E-state index in [-0.39, 0.29) is 35.6 Å². The van der Waals surface area contributed by atoms with E-state index in [0.717, 1.165) is 0 Å². The van der Waals surface area contributed by atoms with E-state index in [1.54, 1.807) is 0 Å². The predicted octanol–water partition coefficient (Wildman–Crippen LogP) is 2.61. The Morgan fingerprint density at radius 2 is 1.18 bits per heavy atom. The van der Waals surface area contributed by atoms with Gasteiger partial charge in [-0.2, -0.15) is 6.08 Å². The Bertz CT molecular complexity index is 1030. The minimum atomic E-state index is 0. The molecule has 0 bridgehead atoms.